The van der Waals surface area contributed by atoms with E-state index in [1.165, 1.54) is 167 Å². The number of carbonyl (C=O) groups excluding carboxylic acids is 1. The molecular weight excluding hydrogens is 792 g/mol. The third kappa shape index (κ3) is 46.5. The first-order valence-electron chi connectivity index (χ1n) is 26.0. The van der Waals surface area contributed by atoms with Gasteiger partial charge in [-0.05, 0) is 51.4 Å². The number of phosphoric ester groups is 1. The molecule has 0 aliphatic rings. The molecule has 0 aromatic rings. The maximum Gasteiger partial charge on any atom is 0.472 e. The van der Waals surface area contributed by atoms with Gasteiger partial charge in [0.2, 0.25) is 5.91 Å². The van der Waals surface area contributed by atoms with Crippen molar-refractivity contribution in [3.05, 3.63) is 48.6 Å². The lowest BCUT2D eigenvalue weighted by atomic mass is 10.0. The van der Waals surface area contributed by atoms with Gasteiger partial charge in [-0.3, -0.25) is 13.8 Å². The number of phosphoric acid groups is 1. The van der Waals surface area contributed by atoms with Crippen LogP contribution in [0, 0.1) is 0 Å². The second-order valence-corrected chi connectivity index (χ2v) is 20.4. The van der Waals surface area contributed by atoms with Crippen molar-refractivity contribution < 1.29 is 32.9 Å². The lowest BCUT2D eigenvalue weighted by Gasteiger charge is -2.25. The topological polar surface area (TPSA) is 105 Å². The summed E-state index contributed by atoms with van der Waals surface area (Å²) in [7, 11) is 1.57. The zero-order chi connectivity index (χ0) is 45.7. The van der Waals surface area contributed by atoms with Crippen LogP contribution in [0.25, 0.3) is 0 Å². The summed E-state index contributed by atoms with van der Waals surface area (Å²) in [6.07, 6.45) is 58.9. The van der Waals surface area contributed by atoms with E-state index in [-0.39, 0.29) is 19.1 Å². The Morgan fingerprint density at radius 3 is 1.37 bits per heavy atom. The summed E-state index contributed by atoms with van der Waals surface area (Å²) in [5.74, 6) is -0.187. The van der Waals surface area contributed by atoms with Gasteiger partial charge in [-0.2, -0.15) is 0 Å². The van der Waals surface area contributed by atoms with Crippen LogP contribution in [0.15, 0.2) is 48.6 Å². The van der Waals surface area contributed by atoms with E-state index >= 15 is 0 Å². The second-order valence-electron chi connectivity index (χ2n) is 18.9. The van der Waals surface area contributed by atoms with Gasteiger partial charge in [0.25, 0.3) is 0 Å². The Morgan fingerprint density at radius 1 is 0.548 bits per heavy atom. The normalized spacial score (nSPS) is 14.5. The highest BCUT2D eigenvalue weighted by molar-refractivity contribution is 7.47. The summed E-state index contributed by atoms with van der Waals surface area (Å²) in [4.78, 5) is 22.8. The number of aliphatic hydroxyl groups excluding tert-OH is 1. The Balaban J connectivity index is 3.65. The fraction of sp³-hybridized carbons (Fsp3) is 0.830. The Hall–Kier alpha value is -1.54. The number of aliphatic hydroxyl groups is 1. The molecule has 364 valence electrons. The van der Waals surface area contributed by atoms with Crippen molar-refractivity contribution >= 4 is 13.7 Å². The van der Waals surface area contributed by atoms with Gasteiger partial charge in [0.15, 0.2) is 0 Å². The van der Waals surface area contributed by atoms with Gasteiger partial charge in [-0.1, -0.05) is 223 Å². The molecule has 0 spiro atoms. The lowest BCUT2D eigenvalue weighted by molar-refractivity contribution is -0.870. The number of likely N-dealkylation sites (N-methyl/N-ethyl adjacent to an activating group) is 1. The minimum absolute atomic E-state index is 0.0602. The first kappa shape index (κ1) is 60.5. The van der Waals surface area contributed by atoms with Crippen LogP contribution in [-0.2, 0) is 18.4 Å². The first-order chi connectivity index (χ1) is 30.0. The first-order valence-corrected chi connectivity index (χ1v) is 27.5. The van der Waals surface area contributed by atoms with Crippen LogP contribution in [0.3, 0.4) is 0 Å². The molecule has 8 nitrogen and oxygen atoms in total. The summed E-state index contributed by atoms with van der Waals surface area (Å²) < 4.78 is 23.3. The Kier molecular flexibility index (Phi) is 43.5. The molecular formula is C53H102N2O6P+. The molecule has 0 saturated heterocycles. The van der Waals surface area contributed by atoms with E-state index < -0.39 is 20.0 Å². The van der Waals surface area contributed by atoms with Crippen LogP contribution in [0.1, 0.15) is 232 Å². The molecule has 0 aromatic carbocycles. The third-order valence-corrected chi connectivity index (χ3v) is 12.5. The summed E-state index contributed by atoms with van der Waals surface area (Å²) in [5, 5.41) is 13.5. The molecule has 3 atom stereocenters. The minimum atomic E-state index is -4.31. The molecule has 0 fully saturated rings. The second kappa shape index (κ2) is 44.7. The summed E-state index contributed by atoms with van der Waals surface area (Å²) in [6, 6.07) is -0.840. The van der Waals surface area contributed by atoms with E-state index in [4.69, 9.17) is 9.05 Å². The average Bonchev–Trinajstić information content (AvgIpc) is 3.23. The highest BCUT2D eigenvalue weighted by atomic mass is 31.2. The molecule has 0 aromatic heterocycles. The van der Waals surface area contributed by atoms with Crippen LogP contribution in [0.2, 0.25) is 0 Å². The predicted octanol–water partition coefficient (Wildman–Crippen LogP) is 15.2. The van der Waals surface area contributed by atoms with Gasteiger partial charge in [0.1, 0.15) is 13.2 Å². The zero-order valence-electron chi connectivity index (χ0n) is 41.4. The SMILES string of the molecule is CCC/C=C/C(O)C(COP(=O)(O)OCC[N+](C)(C)C)NC(=O)CCCCCCCCCCCCCCCCCCCCCCCC/C=C\C/C=C\C/C=C\CCCCCCC. The number of allylic oxidation sites excluding steroid dienone is 7. The quantitative estimate of drug-likeness (QED) is 0.0243. The molecule has 0 aliphatic heterocycles. The van der Waals surface area contributed by atoms with Gasteiger partial charge in [-0.25, -0.2) is 4.57 Å². The number of amides is 1. The van der Waals surface area contributed by atoms with Gasteiger partial charge in [0, 0.05) is 6.42 Å². The fourth-order valence-corrected chi connectivity index (χ4v) is 8.15. The minimum Gasteiger partial charge on any atom is -0.387 e. The summed E-state index contributed by atoms with van der Waals surface area (Å²) in [6.45, 7) is 4.59. The Labute approximate surface area is 384 Å². The molecule has 62 heavy (non-hydrogen) atoms. The van der Waals surface area contributed by atoms with Gasteiger partial charge in [0.05, 0.1) is 39.9 Å². The van der Waals surface area contributed by atoms with Crippen molar-refractivity contribution in [2.45, 2.75) is 244 Å². The van der Waals surface area contributed by atoms with E-state index in [1.54, 1.807) is 6.08 Å². The van der Waals surface area contributed by atoms with Crippen LogP contribution in [-0.4, -0.2) is 73.4 Å². The smallest absolute Gasteiger partial charge is 0.387 e. The van der Waals surface area contributed by atoms with E-state index in [0.717, 1.165) is 44.9 Å². The van der Waals surface area contributed by atoms with Crippen molar-refractivity contribution in [3.8, 4) is 0 Å². The number of hydrogen-bond donors (Lipinski definition) is 3. The molecule has 9 heteroatoms. The van der Waals surface area contributed by atoms with Crippen molar-refractivity contribution in [3.63, 3.8) is 0 Å². The largest absolute Gasteiger partial charge is 0.472 e. The summed E-state index contributed by atoms with van der Waals surface area (Å²) >= 11 is 0. The number of rotatable bonds is 47. The van der Waals surface area contributed by atoms with Crippen LogP contribution < -0.4 is 5.32 Å². The number of nitrogens with one attached hydrogen (secondary N) is 1. The van der Waals surface area contributed by atoms with Gasteiger partial charge >= 0.3 is 7.82 Å². The third-order valence-electron chi connectivity index (χ3n) is 11.5. The number of hydrogen-bond acceptors (Lipinski definition) is 5. The molecule has 0 aliphatic carbocycles. The van der Waals surface area contributed by atoms with Crippen molar-refractivity contribution in [2.24, 2.45) is 0 Å². The van der Waals surface area contributed by atoms with Crippen molar-refractivity contribution in [2.75, 3.05) is 40.9 Å². The monoisotopic (exact) mass is 894 g/mol. The van der Waals surface area contributed by atoms with Crippen LogP contribution in [0.5, 0.6) is 0 Å². The molecule has 3 N–H and O–H groups in total. The maximum atomic E-state index is 12.7. The number of carbonyl (C=O) groups is 1. The molecule has 1 amide bonds. The highest BCUT2D eigenvalue weighted by Gasteiger charge is 2.27. The number of quaternary nitrogens is 1. The van der Waals surface area contributed by atoms with Crippen LogP contribution >= 0.6 is 7.82 Å². The number of unbranched alkanes of at least 4 members (excludes halogenated alkanes) is 28. The van der Waals surface area contributed by atoms with E-state index in [9.17, 15) is 19.4 Å². The molecule has 0 rings (SSSR count). The van der Waals surface area contributed by atoms with Crippen molar-refractivity contribution in [1.29, 1.82) is 0 Å². The maximum absolute atomic E-state index is 12.7. The molecule has 0 saturated carbocycles. The Bertz CT molecular complexity index is 1150. The standard InChI is InChI=1S/C53H101N2O6P/c1-6-8-10-11-12-13-14-15-16-17-18-19-20-21-22-23-24-25-26-27-28-29-30-31-32-33-34-35-36-37-38-39-40-41-42-43-45-47-53(57)54-51(52(56)46-44-9-7-2)50-61-62(58,59)60-49-48-55(3,4)5/h14-15,17-18,20-21,44,46,51-52,56H,6-13,16,19,22-43,45,47-50H2,1-5H3,(H-,54,57,58,59)/p+1/b15-14-,18-17-,21-20-,46-44+. The highest BCUT2D eigenvalue weighted by Crippen LogP contribution is 2.43. The van der Waals surface area contributed by atoms with E-state index in [1.807, 2.05) is 34.1 Å². The molecule has 0 bridgehead atoms. The molecule has 0 radical (unpaired) electrons. The number of nitrogens with zero attached hydrogens (tertiary/aromatic N) is 1. The van der Waals surface area contributed by atoms with Gasteiger partial charge < -0.3 is 19.8 Å². The van der Waals surface area contributed by atoms with Gasteiger partial charge in [-0.15, -0.1) is 0 Å². The zero-order valence-corrected chi connectivity index (χ0v) is 42.3. The lowest BCUT2D eigenvalue weighted by Crippen LogP contribution is -2.45. The molecule has 0 heterocycles. The van der Waals surface area contributed by atoms with Crippen LogP contribution in [0.4, 0.5) is 0 Å². The fourth-order valence-electron chi connectivity index (χ4n) is 7.41. The average molecular weight is 894 g/mol. The Morgan fingerprint density at radius 2 is 0.952 bits per heavy atom. The molecule has 3 unspecified atom stereocenters. The summed E-state index contributed by atoms with van der Waals surface area (Å²) in [5.41, 5.74) is 0. The van der Waals surface area contributed by atoms with Crippen molar-refractivity contribution in [1.82, 2.24) is 5.32 Å². The van der Waals surface area contributed by atoms with E-state index in [2.05, 4.69) is 48.7 Å². The predicted molar refractivity (Wildman–Crippen MR) is 267 cm³/mol. The van der Waals surface area contributed by atoms with E-state index in [0.29, 0.717) is 17.4 Å².